The molecule has 2 amide bonds. The van der Waals surface area contributed by atoms with Crippen molar-refractivity contribution in [3.63, 3.8) is 0 Å². The molecule has 6 heteroatoms. The van der Waals surface area contributed by atoms with Crippen LogP contribution in [0.25, 0.3) is 0 Å². The Labute approximate surface area is 162 Å². The van der Waals surface area contributed by atoms with Crippen LogP contribution in [-0.2, 0) is 9.59 Å². The van der Waals surface area contributed by atoms with Crippen molar-refractivity contribution >= 4 is 40.9 Å². The molecule has 136 valence electrons. The van der Waals surface area contributed by atoms with Crippen LogP contribution in [-0.4, -0.2) is 24.1 Å². The predicted octanol–water partition coefficient (Wildman–Crippen LogP) is 4.44. The highest BCUT2D eigenvalue weighted by Crippen LogP contribution is 2.34. The number of rotatable bonds is 5. The highest BCUT2D eigenvalue weighted by atomic mass is 35.5. The number of nitrogens with zero attached hydrogens (tertiary/aromatic N) is 1. The molecule has 4 nitrogen and oxygen atoms in total. The number of nitrogens with one attached hydrogen (secondary N) is 1. The molecule has 2 aromatic rings. The molecule has 0 bridgehead atoms. The van der Waals surface area contributed by atoms with Crippen LogP contribution in [0, 0.1) is 0 Å². The summed E-state index contributed by atoms with van der Waals surface area (Å²) in [5, 5.41) is 3.57. The van der Waals surface area contributed by atoms with Gasteiger partial charge in [-0.15, -0.1) is 11.8 Å². The van der Waals surface area contributed by atoms with Crippen molar-refractivity contribution in [2.24, 2.45) is 0 Å². The van der Waals surface area contributed by atoms with Gasteiger partial charge in [-0.05, 0) is 36.8 Å². The molecule has 0 saturated heterocycles. The number of hydrogen-bond acceptors (Lipinski definition) is 3. The number of fused-ring (bicyclic) bond motifs is 1. The Morgan fingerprint density at radius 3 is 2.81 bits per heavy atom. The molecule has 1 unspecified atom stereocenters. The van der Waals surface area contributed by atoms with Crippen molar-refractivity contribution in [3.05, 3.63) is 59.1 Å². The minimum Gasteiger partial charge on any atom is -0.350 e. The van der Waals surface area contributed by atoms with Gasteiger partial charge >= 0.3 is 0 Å². The third-order valence-corrected chi connectivity index (χ3v) is 5.60. The van der Waals surface area contributed by atoms with Gasteiger partial charge in [0.1, 0.15) is 0 Å². The van der Waals surface area contributed by atoms with Crippen LogP contribution < -0.4 is 10.2 Å². The number of carbonyl (C=O) groups is 2. The highest BCUT2D eigenvalue weighted by Gasteiger charge is 2.23. The van der Waals surface area contributed by atoms with Gasteiger partial charge in [0.05, 0.1) is 11.7 Å². The average Bonchev–Trinajstić information content (AvgIpc) is 2.65. The Balaban J connectivity index is 1.54. The largest absolute Gasteiger partial charge is 0.350 e. The molecule has 1 heterocycles. The number of carbonyl (C=O) groups excluding carboxylic acids is 2. The van der Waals surface area contributed by atoms with E-state index in [1.54, 1.807) is 22.7 Å². The lowest BCUT2D eigenvalue weighted by Gasteiger charge is -2.29. The summed E-state index contributed by atoms with van der Waals surface area (Å²) in [5.74, 6) is 0.731. The molecule has 0 spiro atoms. The fraction of sp³-hybridized carbons (Fsp3) is 0.300. The summed E-state index contributed by atoms with van der Waals surface area (Å²) in [6.07, 6.45) is 0.378. The average molecular weight is 389 g/mol. The maximum Gasteiger partial charge on any atom is 0.227 e. The quantitative estimate of drug-likeness (QED) is 0.823. The molecular weight excluding hydrogens is 368 g/mol. The van der Waals surface area contributed by atoms with Crippen LogP contribution in [0.3, 0.4) is 0 Å². The number of halogens is 1. The van der Waals surface area contributed by atoms with Crippen molar-refractivity contribution < 1.29 is 9.59 Å². The highest BCUT2D eigenvalue weighted by molar-refractivity contribution is 7.99. The van der Waals surface area contributed by atoms with E-state index in [0.717, 1.165) is 21.9 Å². The van der Waals surface area contributed by atoms with E-state index in [4.69, 9.17) is 11.6 Å². The minimum atomic E-state index is -0.150. The lowest BCUT2D eigenvalue weighted by molar-refractivity contribution is -0.125. The molecular formula is C20H21ClN2O2S. The van der Waals surface area contributed by atoms with E-state index in [2.05, 4.69) is 5.32 Å². The van der Waals surface area contributed by atoms with E-state index >= 15 is 0 Å². The molecule has 0 saturated carbocycles. The number of amides is 2. The third kappa shape index (κ3) is 4.59. The number of hydrogen-bond donors (Lipinski definition) is 1. The Hall–Kier alpha value is -1.98. The van der Waals surface area contributed by atoms with Crippen molar-refractivity contribution in [2.75, 3.05) is 17.2 Å². The van der Waals surface area contributed by atoms with Crippen LogP contribution in [0.4, 0.5) is 5.69 Å². The summed E-state index contributed by atoms with van der Waals surface area (Å²) >= 11 is 7.75. The number of thioether (sulfide) groups is 1. The minimum absolute atomic E-state index is 0.0108. The lowest BCUT2D eigenvalue weighted by atomic mass is 10.1. The Bertz CT molecular complexity index is 812. The first-order chi connectivity index (χ1) is 12.5. The summed E-state index contributed by atoms with van der Waals surface area (Å²) in [4.78, 5) is 27.7. The Morgan fingerprint density at radius 1 is 1.19 bits per heavy atom. The van der Waals surface area contributed by atoms with Crippen molar-refractivity contribution in [3.8, 4) is 0 Å². The third-order valence-electron chi connectivity index (χ3n) is 4.32. The van der Waals surface area contributed by atoms with Crippen LogP contribution in [0.5, 0.6) is 0 Å². The van der Waals surface area contributed by atoms with Crippen LogP contribution in [0.1, 0.15) is 31.4 Å². The normalized spacial score (nSPS) is 14.5. The van der Waals surface area contributed by atoms with E-state index < -0.39 is 0 Å². The summed E-state index contributed by atoms with van der Waals surface area (Å²) in [6, 6.07) is 15.2. The van der Waals surface area contributed by atoms with E-state index in [-0.39, 0.29) is 30.7 Å². The first-order valence-electron chi connectivity index (χ1n) is 8.61. The molecule has 26 heavy (non-hydrogen) atoms. The van der Waals surface area contributed by atoms with Gasteiger partial charge in [-0.25, -0.2) is 0 Å². The topological polar surface area (TPSA) is 49.4 Å². The molecule has 1 aliphatic rings. The molecule has 1 atom stereocenters. The summed E-state index contributed by atoms with van der Waals surface area (Å²) in [7, 11) is 0. The van der Waals surface area contributed by atoms with Gasteiger partial charge < -0.3 is 10.2 Å². The van der Waals surface area contributed by atoms with Gasteiger partial charge in [-0.3, -0.25) is 9.59 Å². The molecule has 0 radical (unpaired) electrons. The zero-order chi connectivity index (χ0) is 18.5. The molecule has 3 rings (SSSR count). The SMILES string of the molecule is CC(NC(=O)CCC(=O)N1CCSc2ccccc21)c1cccc(Cl)c1. The Kier molecular flexibility index (Phi) is 6.22. The fourth-order valence-corrected chi connectivity index (χ4v) is 4.15. The zero-order valence-corrected chi connectivity index (χ0v) is 16.1. The second-order valence-electron chi connectivity index (χ2n) is 6.21. The number of benzene rings is 2. The van der Waals surface area contributed by atoms with Gasteiger partial charge in [-0.2, -0.15) is 0 Å². The molecule has 0 aliphatic carbocycles. The molecule has 0 fully saturated rings. The fourth-order valence-electron chi connectivity index (χ4n) is 2.96. The van der Waals surface area contributed by atoms with Crippen LogP contribution in [0.15, 0.2) is 53.4 Å². The molecule has 1 N–H and O–H groups in total. The first kappa shape index (κ1) is 18.8. The second kappa shape index (κ2) is 8.60. The first-order valence-corrected chi connectivity index (χ1v) is 9.98. The van der Waals surface area contributed by atoms with Crippen molar-refractivity contribution in [2.45, 2.75) is 30.7 Å². The van der Waals surface area contributed by atoms with Gasteiger partial charge in [0, 0.05) is 35.1 Å². The smallest absolute Gasteiger partial charge is 0.227 e. The van der Waals surface area contributed by atoms with E-state index in [0.29, 0.717) is 11.6 Å². The van der Waals surface area contributed by atoms with Crippen molar-refractivity contribution in [1.29, 1.82) is 0 Å². The maximum absolute atomic E-state index is 12.6. The zero-order valence-electron chi connectivity index (χ0n) is 14.6. The number of para-hydroxylation sites is 1. The van der Waals surface area contributed by atoms with Gasteiger partial charge in [0.2, 0.25) is 11.8 Å². The van der Waals surface area contributed by atoms with E-state index in [9.17, 15) is 9.59 Å². The Morgan fingerprint density at radius 2 is 2.00 bits per heavy atom. The standard InChI is InChI=1S/C20H21ClN2O2S/c1-14(15-5-4-6-16(21)13-15)22-19(24)9-10-20(25)23-11-12-26-18-8-3-2-7-17(18)23/h2-8,13-14H,9-12H2,1H3,(H,22,24). The van der Waals surface area contributed by atoms with Gasteiger partial charge in [-0.1, -0.05) is 35.9 Å². The second-order valence-corrected chi connectivity index (χ2v) is 7.78. The van der Waals surface area contributed by atoms with E-state index in [1.165, 1.54) is 0 Å². The summed E-state index contributed by atoms with van der Waals surface area (Å²) in [6.45, 7) is 2.59. The summed E-state index contributed by atoms with van der Waals surface area (Å²) < 4.78 is 0. The maximum atomic E-state index is 12.6. The molecule has 2 aromatic carbocycles. The van der Waals surface area contributed by atoms with Crippen molar-refractivity contribution in [1.82, 2.24) is 5.32 Å². The molecule has 0 aromatic heterocycles. The summed E-state index contributed by atoms with van der Waals surface area (Å²) in [5.41, 5.74) is 1.89. The van der Waals surface area contributed by atoms with Gasteiger partial charge in [0.15, 0.2) is 0 Å². The van der Waals surface area contributed by atoms with E-state index in [1.807, 2.05) is 49.4 Å². The van der Waals surface area contributed by atoms with Gasteiger partial charge in [0.25, 0.3) is 0 Å². The monoisotopic (exact) mass is 388 g/mol. The lowest BCUT2D eigenvalue weighted by Crippen LogP contribution is -2.36. The van der Waals surface area contributed by atoms with Crippen LogP contribution in [0.2, 0.25) is 5.02 Å². The predicted molar refractivity (Wildman–Crippen MR) is 107 cm³/mol. The molecule has 1 aliphatic heterocycles. The number of anilines is 1. The van der Waals surface area contributed by atoms with Crippen LogP contribution >= 0.6 is 23.4 Å².